The van der Waals surface area contributed by atoms with Crippen molar-refractivity contribution in [1.82, 2.24) is 5.32 Å². The van der Waals surface area contributed by atoms with Crippen LogP contribution in [-0.4, -0.2) is 75.9 Å². The molecule has 0 aliphatic carbocycles. The molecule has 1 unspecified atom stereocenters. The number of aliphatic hydroxyl groups is 1. The van der Waals surface area contributed by atoms with Crippen LogP contribution >= 0.6 is 0 Å². The minimum Gasteiger partial charge on any atom is -0.497 e. The van der Waals surface area contributed by atoms with E-state index in [1.165, 1.54) is 31.4 Å². The van der Waals surface area contributed by atoms with Crippen LogP contribution in [0.1, 0.15) is 45.1 Å². The Morgan fingerprint density at radius 1 is 1.14 bits per heavy atom. The van der Waals surface area contributed by atoms with E-state index in [0.717, 1.165) is 5.56 Å². The SMILES string of the molecule is COc1ccc(S(=O)(=O)C(N)(CC(C)(C)CCCN)[C@H](O)[C@H](Cc2ccccc2)NC(=O)O[C@H]2CO[C@H]3OCC[C@H]32)cc1. The van der Waals surface area contributed by atoms with Crippen LogP contribution in [0.5, 0.6) is 5.75 Å². The van der Waals surface area contributed by atoms with Crippen LogP contribution in [-0.2, 0) is 30.5 Å². The van der Waals surface area contributed by atoms with Gasteiger partial charge in [-0.05, 0) is 73.9 Å². The number of alkyl carbamates (subject to hydrolysis) is 1. The molecule has 2 aromatic carbocycles. The predicted molar refractivity (Wildman–Crippen MR) is 161 cm³/mol. The normalized spacial score (nSPS) is 23.2. The van der Waals surface area contributed by atoms with E-state index in [2.05, 4.69) is 5.32 Å². The molecule has 0 saturated carbocycles. The zero-order chi connectivity index (χ0) is 31.3. The fourth-order valence-corrected chi connectivity index (χ4v) is 8.07. The van der Waals surface area contributed by atoms with E-state index in [9.17, 15) is 18.3 Å². The number of sulfone groups is 1. The summed E-state index contributed by atoms with van der Waals surface area (Å²) >= 11 is 0. The molecule has 2 aliphatic heterocycles. The number of fused-ring (bicyclic) bond motifs is 1. The Morgan fingerprint density at radius 2 is 1.84 bits per heavy atom. The molecule has 238 valence electrons. The van der Waals surface area contributed by atoms with Gasteiger partial charge >= 0.3 is 6.09 Å². The molecule has 2 heterocycles. The van der Waals surface area contributed by atoms with Gasteiger partial charge in [-0.15, -0.1) is 0 Å². The lowest BCUT2D eigenvalue weighted by Crippen LogP contribution is -2.65. The summed E-state index contributed by atoms with van der Waals surface area (Å²) in [6, 6.07) is 13.9. The summed E-state index contributed by atoms with van der Waals surface area (Å²) in [5.41, 5.74) is 12.8. The molecule has 0 radical (unpaired) electrons. The predicted octanol–water partition coefficient (Wildman–Crippen LogP) is 2.74. The second kappa shape index (κ2) is 13.9. The van der Waals surface area contributed by atoms with Gasteiger partial charge in [0.25, 0.3) is 0 Å². The van der Waals surface area contributed by atoms with Gasteiger partial charge in [-0.1, -0.05) is 44.2 Å². The number of aliphatic hydroxyl groups excluding tert-OH is 1. The summed E-state index contributed by atoms with van der Waals surface area (Å²) in [6.07, 6.45) is -1.54. The highest BCUT2D eigenvalue weighted by atomic mass is 32.2. The van der Waals surface area contributed by atoms with E-state index >= 15 is 0 Å². The first-order valence-corrected chi connectivity index (χ1v) is 16.2. The topological polar surface area (TPSA) is 172 Å². The van der Waals surface area contributed by atoms with Crippen molar-refractivity contribution in [2.24, 2.45) is 22.8 Å². The first-order valence-electron chi connectivity index (χ1n) is 14.7. The molecule has 2 aliphatic rings. The van der Waals surface area contributed by atoms with Gasteiger partial charge in [0.15, 0.2) is 21.0 Å². The van der Waals surface area contributed by atoms with Crippen LogP contribution in [0.15, 0.2) is 59.5 Å². The van der Waals surface area contributed by atoms with E-state index in [-0.39, 0.29) is 30.3 Å². The van der Waals surface area contributed by atoms with Crippen molar-refractivity contribution in [1.29, 1.82) is 0 Å². The number of nitrogens with one attached hydrogen (secondary N) is 1. The van der Waals surface area contributed by atoms with Crippen molar-refractivity contribution < 1.29 is 37.3 Å². The molecule has 0 aromatic heterocycles. The maximum atomic E-state index is 14.4. The quantitative estimate of drug-likeness (QED) is 0.246. The molecular weight excluding hydrogens is 574 g/mol. The van der Waals surface area contributed by atoms with Gasteiger partial charge < -0.3 is 40.8 Å². The van der Waals surface area contributed by atoms with Gasteiger partial charge in [-0.25, -0.2) is 13.2 Å². The molecular formula is C31H45N3O8S. The monoisotopic (exact) mass is 619 g/mol. The molecule has 2 aromatic rings. The highest BCUT2D eigenvalue weighted by molar-refractivity contribution is 7.92. The average molecular weight is 620 g/mol. The molecule has 0 spiro atoms. The number of ether oxygens (including phenoxy) is 4. The average Bonchev–Trinajstić information content (AvgIpc) is 3.61. The van der Waals surface area contributed by atoms with Crippen molar-refractivity contribution in [2.45, 2.75) is 80.3 Å². The van der Waals surface area contributed by atoms with Crippen molar-refractivity contribution in [3.05, 3.63) is 60.2 Å². The zero-order valence-electron chi connectivity index (χ0n) is 25.1. The maximum absolute atomic E-state index is 14.4. The van der Waals surface area contributed by atoms with Crippen LogP contribution < -0.4 is 21.5 Å². The van der Waals surface area contributed by atoms with Crippen LogP contribution in [0, 0.1) is 11.3 Å². The summed E-state index contributed by atoms with van der Waals surface area (Å²) in [5.74, 6) is 0.387. The number of nitrogens with two attached hydrogens (primary N) is 2. The van der Waals surface area contributed by atoms with E-state index in [4.69, 9.17) is 30.4 Å². The Bertz CT molecular complexity index is 1310. The Hall–Kier alpha value is -2.74. The summed E-state index contributed by atoms with van der Waals surface area (Å²) in [7, 11) is -2.89. The van der Waals surface area contributed by atoms with Gasteiger partial charge in [0.2, 0.25) is 0 Å². The first kappa shape index (κ1) is 33.2. The molecule has 6 atom stereocenters. The Morgan fingerprint density at radius 3 is 2.49 bits per heavy atom. The third kappa shape index (κ3) is 7.68. The summed E-state index contributed by atoms with van der Waals surface area (Å²) < 4.78 is 50.8. The molecule has 1 amide bonds. The van der Waals surface area contributed by atoms with Crippen LogP contribution in [0.25, 0.3) is 0 Å². The number of carbonyl (C=O) groups is 1. The summed E-state index contributed by atoms with van der Waals surface area (Å²) in [4.78, 5) is 11.0. The Balaban J connectivity index is 1.68. The van der Waals surface area contributed by atoms with Gasteiger partial charge in [0.05, 0.1) is 37.2 Å². The largest absolute Gasteiger partial charge is 0.497 e. The van der Waals surface area contributed by atoms with Crippen LogP contribution in [0.2, 0.25) is 0 Å². The van der Waals surface area contributed by atoms with Gasteiger partial charge in [0, 0.05) is 0 Å². The number of hydrogen-bond acceptors (Lipinski definition) is 10. The zero-order valence-corrected chi connectivity index (χ0v) is 25.9. The molecule has 6 N–H and O–H groups in total. The lowest BCUT2D eigenvalue weighted by atomic mass is 9.78. The number of hydrogen-bond donors (Lipinski definition) is 4. The van der Waals surface area contributed by atoms with E-state index in [0.29, 0.717) is 38.2 Å². The highest BCUT2D eigenvalue weighted by Gasteiger charge is 2.53. The number of amides is 1. The van der Waals surface area contributed by atoms with Crippen LogP contribution in [0.3, 0.4) is 0 Å². The number of carbonyl (C=O) groups excluding carboxylic acids is 1. The van der Waals surface area contributed by atoms with Crippen LogP contribution in [0.4, 0.5) is 4.79 Å². The molecule has 11 nitrogen and oxygen atoms in total. The third-order valence-corrected chi connectivity index (χ3v) is 10.7. The second-order valence-corrected chi connectivity index (χ2v) is 14.5. The Kier molecular flexibility index (Phi) is 10.7. The minimum atomic E-state index is -4.38. The van der Waals surface area contributed by atoms with Crippen molar-refractivity contribution >= 4 is 15.9 Å². The third-order valence-electron chi connectivity index (χ3n) is 8.41. The van der Waals surface area contributed by atoms with E-state index < -0.39 is 50.8 Å². The second-order valence-electron chi connectivity index (χ2n) is 12.2. The molecule has 43 heavy (non-hydrogen) atoms. The molecule has 2 fully saturated rings. The smallest absolute Gasteiger partial charge is 0.407 e. The fraction of sp³-hybridized carbons (Fsp3) is 0.581. The molecule has 2 saturated heterocycles. The lowest BCUT2D eigenvalue weighted by Gasteiger charge is -2.42. The molecule has 12 heteroatoms. The Labute approximate surface area is 254 Å². The minimum absolute atomic E-state index is 0.0686. The number of benzene rings is 2. The van der Waals surface area contributed by atoms with Crippen molar-refractivity contribution in [3.8, 4) is 5.75 Å². The van der Waals surface area contributed by atoms with E-state index in [1.54, 1.807) is 0 Å². The molecule has 4 rings (SSSR count). The summed E-state index contributed by atoms with van der Waals surface area (Å²) in [5, 5.41) is 14.8. The molecule has 0 bridgehead atoms. The highest BCUT2D eigenvalue weighted by Crippen LogP contribution is 2.40. The lowest BCUT2D eigenvalue weighted by molar-refractivity contribution is -0.0907. The number of methoxy groups -OCH3 is 1. The van der Waals surface area contributed by atoms with Gasteiger partial charge in [-0.2, -0.15) is 0 Å². The first-order chi connectivity index (χ1) is 20.4. The standard InChI is InChI=1S/C31H45N3O8S/c1-30(2,15-7-16-32)20-31(33,43(37,38)23-12-10-22(39-3)11-13-23)27(35)25(18-21-8-5-4-6-9-21)34-29(36)42-26-19-41-28-24(26)14-17-40-28/h4-6,8-13,24-28,35H,7,14-20,32-33H2,1-3H3,(H,34,36)/t24-,25-,26-,27+,28+,31?/m0/s1. The van der Waals surface area contributed by atoms with Gasteiger partial charge in [-0.3, -0.25) is 0 Å². The van der Waals surface area contributed by atoms with Crippen molar-refractivity contribution in [2.75, 3.05) is 26.9 Å². The fourth-order valence-electron chi connectivity index (χ4n) is 6.07. The van der Waals surface area contributed by atoms with Gasteiger partial charge in [0.1, 0.15) is 18.0 Å². The van der Waals surface area contributed by atoms with Crippen molar-refractivity contribution in [3.63, 3.8) is 0 Å². The van der Waals surface area contributed by atoms with E-state index in [1.807, 2.05) is 44.2 Å². The maximum Gasteiger partial charge on any atom is 0.407 e. The summed E-state index contributed by atoms with van der Waals surface area (Å²) in [6.45, 7) is 4.93. The number of rotatable bonds is 14.